The number of nitrogens with zero attached hydrogens (tertiary/aromatic N) is 1. The van der Waals surface area contributed by atoms with Gasteiger partial charge in [0.05, 0.1) is 16.1 Å². The fourth-order valence-electron chi connectivity index (χ4n) is 4.06. The van der Waals surface area contributed by atoms with Crippen molar-refractivity contribution in [2.75, 3.05) is 13.2 Å². The van der Waals surface area contributed by atoms with Crippen LogP contribution in [0.1, 0.15) is 5.56 Å². The number of benzene rings is 3. The lowest BCUT2D eigenvalue weighted by molar-refractivity contribution is -0.115. The fourth-order valence-corrected chi connectivity index (χ4v) is 5.01. The fraction of sp³-hybridized carbons (Fsp3) is 0.107. The van der Waals surface area contributed by atoms with Crippen molar-refractivity contribution in [3.8, 4) is 22.8 Å². The molecule has 0 spiro atoms. The first-order valence-corrected chi connectivity index (χ1v) is 13.0. The van der Waals surface area contributed by atoms with Crippen LogP contribution in [0.3, 0.4) is 0 Å². The van der Waals surface area contributed by atoms with Gasteiger partial charge in [0, 0.05) is 22.5 Å². The summed E-state index contributed by atoms with van der Waals surface area (Å²) in [5, 5.41) is 2.44. The number of carbonyl (C=O) groups is 2. The van der Waals surface area contributed by atoms with Crippen molar-refractivity contribution in [1.82, 2.24) is 9.88 Å². The van der Waals surface area contributed by atoms with E-state index in [0.717, 1.165) is 32.9 Å². The Morgan fingerprint density at radius 3 is 2.32 bits per heavy atom. The van der Waals surface area contributed by atoms with Gasteiger partial charge in [0.25, 0.3) is 11.1 Å². The molecule has 0 bridgehead atoms. The number of para-hydroxylation sites is 1. The molecule has 4 aromatic rings. The van der Waals surface area contributed by atoms with Crippen LogP contribution in [0.2, 0.25) is 0 Å². The Morgan fingerprint density at radius 1 is 0.919 bits per heavy atom. The quantitative estimate of drug-likeness (QED) is 0.223. The summed E-state index contributed by atoms with van der Waals surface area (Å²) in [6.45, 7) is 0.394. The second kappa shape index (κ2) is 10.7. The van der Waals surface area contributed by atoms with Crippen molar-refractivity contribution in [2.45, 2.75) is 0 Å². The molecule has 2 heterocycles. The van der Waals surface area contributed by atoms with Crippen LogP contribution in [0.5, 0.6) is 11.5 Å². The summed E-state index contributed by atoms with van der Waals surface area (Å²) >= 11 is 4.34. The highest BCUT2D eigenvalue weighted by atomic mass is 79.9. The van der Waals surface area contributed by atoms with E-state index in [2.05, 4.69) is 21.2 Å². The van der Waals surface area contributed by atoms with Gasteiger partial charge in [0.1, 0.15) is 19.0 Å². The molecule has 0 saturated carbocycles. The van der Waals surface area contributed by atoms with E-state index in [1.807, 2.05) is 54.1 Å². The third-order valence-electron chi connectivity index (χ3n) is 5.80. The summed E-state index contributed by atoms with van der Waals surface area (Å²) in [4.78, 5) is 36.8. The molecule has 7 nitrogen and oxygen atoms in total. The van der Waals surface area contributed by atoms with Gasteiger partial charge in [-0.3, -0.25) is 19.7 Å². The number of hydrogen-bond acceptors (Lipinski definition) is 6. The van der Waals surface area contributed by atoms with E-state index >= 15 is 0 Å². The Bertz CT molecular complexity index is 1590. The van der Waals surface area contributed by atoms with E-state index in [4.69, 9.17) is 9.47 Å². The number of carbonyl (C=O) groups excluding carboxylic acids is 2. The van der Waals surface area contributed by atoms with Crippen LogP contribution < -0.4 is 20.2 Å². The highest BCUT2D eigenvalue weighted by molar-refractivity contribution is 9.10. The average molecular weight is 577 g/mol. The van der Waals surface area contributed by atoms with E-state index in [1.165, 1.54) is 0 Å². The Kier molecular flexibility index (Phi) is 7.16. The molecular weight excluding hydrogens is 556 g/mol. The molecule has 1 saturated heterocycles. The van der Waals surface area contributed by atoms with Crippen molar-refractivity contribution in [1.29, 1.82) is 0 Å². The molecule has 2 amide bonds. The zero-order valence-electron chi connectivity index (χ0n) is 19.7. The van der Waals surface area contributed by atoms with Crippen LogP contribution in [-0.4, -0.2) is 28.9 Å². The minimum Gasteiger partial charge on any atom is -0.490 e. The normalized spacial score (nSPS) is 14.3. The molecule has 1 aliphatic rings. The third kappa shape index (κ3) is 5.33. The zero-order valence-corrected chi connectivity index (χ0v) is 22.1. The number of nitrogens with one attached hydrogen (secondary N) is 1. The summed E-state index contributed by atoms with van der Waals surface area (Å²) in [7, 11) is 1.92. The zero-order chi connectivity index (χ0) is 25.9. The summed E-state index contributed by atoms with van der Waals surface area (Å²) in [6.07, 6.45) is 1.65. The van der Waals surface area contributed by atoms with Crippen LogP contribution in [0.15, 0.2) is 87.0 Å². The van der Waals surface area contributed by atoms with Crippen LogP contribution >= 0.6 is 27.7 Å². The standard InChI is InChI=1S/C28H21BrN2O5S/c1-31-22-5-3-2-4-21(22)25(32)26(24(31)18-8-10-19(29)11-9-18)36-15-14-35-20-12-6-17(7-13-20)16-23-27(33)30-28(34)37-23/h2-13,16H,14-15H2,1H3,(H,30,33,34). The topological polar surface area (TPSA) is 86.6 Å². The minimum atomic E-state index is -0.394. The summed E-state index contributed by atoms with van der Waals surface area (Å²) < 4.78 is 14.8. The van der Waals surface area contributed by atoms with Crippen molar-refractivity contribution < 1.29 is 19.1 Å². The summed E-state index contributed by atoms with van der Waals surface area (Å²) in [6, 6.07) is 22.3. The third-order valence-corrected chi connectivity index (χ3v) is 7.14. The first kappa shape index (κ1) is 24.9. The Hall–Kier alpha value is -3.82. The van der Waals surface area contributed by atoms with E-state index < -0.39 is 5.91 Å². The highest BCUT2D eigenvalue weighted by Crippen LogP contribution is 2.31. The smallest absolute Gasteiger partial charge is 0.290 e. The van der Waals surface area contributed by atoms with Crippen LogP contribution in [-0.2, 0) is 11.8 Å². The maximum Gasteiger partial charge on any atom is 0.290 e. The average Bonchev–Trinajstić information content (AvgIpc) is 3.22. The van der Waals surface area contributed by atoms with Crippen molar-refractivity contribution >= 4 is 55.8 Å². The number of halogens is 1. The lowest BCUT2D eigenvalue weighted by Gasteiger charge is -2.18. The molecule has 0 aliphatic carbocycles. The molecule has 1 aromatic heterocycles. The van der Waals surface area contributed by atoms with Crippen LogP contribution in [0, 0.1) is 0 Å². The molecule has 37 heavy (non-hydrogen) atoms. The number of amides is 2. The monoisotopic (exact) mass is 576 g/mol. The van der Waals surface area contributed by atoms with Gasteiger partial charge in [-0.2, -0.15) is 0 Å². The van der Waals surface area contributed by atoms with Crippen molar-refractivity contribution in [3.05, 3.63) is 98.0 Å². The lowest BCUT2D eigenvalue weighted by Crippen LogP contribution is -2.18. The first-order valence-electron chi connectivity index (χ1n) is 11.4. The molecule has 3 aromatic carbocycles. The summed E-state index contributed by atoms with van der Waals surface area (Å²) in [5.41, 5.74) is 2.99. The molecule has 1 fully saturated rings. The predicted octanol–water partition coefficient (Wildman–Crippen LogP) is 5.75. The molecule has 0 radical (unpaired) electrons. The van der Waals surface area contributed by atoms with Crippen molar-refractivity contribution in [3.63, 3.8) is 0 Å². The molecule has 0 unspecified atom stereocenters. The van der Waals surface area contributed by atoms with Crippen LogP contribution in [0.25, 0.3) is 28.2 Å². The van der Waals surface area contributed by atoms with E-state index in [-0.39, 0.29) is 29.6 Å². The summed E-state index contributed by atoms with van der Waals surface area (Å²) in [5.74, 6) is 0.496. The number of aryl methyl sites for hydroxylation is 1. The number of thioether (sulfide) groups is 1. The SMILES string of the molecule is Cn1c(-c2ccc(Br)cc2)c(OCCOc2ccc(C=C3SC(=O)NC3=O)cc2)c(=O)c2ccccc21. The van der Waals surface area contributed by atoms with Gasteiger partial charge in [-0.15, -0.1) is 0 Å². The minimum absolute atomic E-state index is 0.168. The van der Waals surface area contributed by atoms with Gasteiger partial charge in [0.15, 0.2) is 5.75 Å². The molecular formula is C28H21BrN2O5S. The highest BCUT2D eigenvalue weighted by Gasteiger charge is 2.24. The second-order valence-corrected chi connectivity index (χ2v) is 10.1. The number of aromatic nitrogens is 1. The molecule has 1 aliphatic heterocycles. The Morgan fingerprint density at radius 2 is 1.62 bits per heavy atom. The second-order valence-electron chi connectivity index (χ2n) is 8.21. The van der Waals surface area contributed by atoms with E-state index in [0.29, 0.717) is 21.7 Å². The maximum absolute atomic E-state index is 13.4. The van der Waals surface area contributed by atoms with Crippen molar-refractivity contribution in [2.24, 2.45) is 7.05 Å². The van der Waals surface area contributed by atoms with Gasteiger partial charge >= 0.3 is 0 Å². The van der Waals surface area contributed by atoms with Gasteiger partial charge < -0.3 is 14.0 Å². The number of fused-ring (bicyclic) bond motifs is 1. The number of imide groups is 1. The van der Waals surface area contributed by atoms with E-state index in [1.54, 1.807) is 36.4 Å². The predicted molar refractivity (Wildman–Crippen MR) is 149 cm³/mol. The lowest BCUT2D eigenvalue weighted by atomic mass is 10.1. The first-order chi connectivity index (χ1) is 17.9. The Labute approximate surface area is 225 Å². The Balaban J connectivity index is 1.32. The maximum atomic E-state index is 13.4. The number of ether oxygens (including phenoxy) is 2. The van der Waals surface area contributed by atoms with Gasteiger partial charge in [-0.25, -0.2) is 0 Å². The number of pyridine rings is 1. The largest absolute Gasteiger partial charge is 0.490 e. The number of hydrogen-bond donors (Lipinski definition) is 1. The molecule has 0 atom stereocenters. The number of rotatable bonds is 7. The van der Waals surface area contributed by atoms with Gasteiger partial charge in [-0.1, -0.05) is 52.3 Å². The molecule has 9 heteroatoms. The molecule has 1 N–H and O–H groups in total. The van der Waals surface area contributed by atoms with E-state index in [9.17, 15) is 14.4 Å². The molecule has 5 rings (SSSR count). The van der Waals surface area contributed by atoms with Gasteiger partial charge in [0.2, 0.25) is 5.43 Å². The molecule has 186 valence electrons. The van der Waals surface area contributed by atoms with Gasteiger partial charge in [-0.05, 0) is 59.8 Å². The van der Waals surface area contributed by atoms with Crippen LogP contribution in [0.4, 0.5) is 4.79 Å².